The van der Waals surface area contributed by atoms with Gasteiger partial charge < -0.3 is 25.6 Å². The summed E-state index contributed by atoms with van der Waals surface area (Å²) in [5.74, 6) is 1.77. The van der Waals surface area contributed by atoms with Gasteiger partial charge in [-0.25, -0.2) is 9.78 Å². The number of amides is 2. The number of carbonyl (C=O) groups is 1. The molecular formula is C28H35N5O2. The first-order valence-corrected chi connectivity index (χ1v) is 12.6. The van der Waals surface area contributed by atoms with E-state index in [-0.39, 0.29) is 18.1 Å². The normalized spacial score (nSPS) is 18.5. The zero-order valence-corrected chi connectivity index (χ0v) is 20.8. The summed E-state index contributed by atoms with van der Waals surface area (Å²) in [4.78, 5) is 19.8. The fourth-order valence-corrected chi connectivity index (χ4v) is 5.34. The number of likely N-dealkylation sites (tertiary alicyclic amines) is 1. The van der Waals surface area contributed by atoms with Crippen molar-refractivity contribution in [1.82, 2.24) is 15.2 Å². The third-order valence-corrected chi connectivity index (χ3v) is 7.29. The highest BCUT2D eigenvalue weighted by atomic mass is 16.5. The molecule has 2 amide bonds. The third-order valence-electron chi connectivity index (χ3n) is 7.29. The highest BCUT2D eigenvalue weighted by Gasteiger charge is 2.26. The predicted molar refractivity (Wildman–Crippen MR) is 141 cm³/mol. The van der Waals surface area contributed by atoms with Gasteiger partial charge in [-0.2, -0.15) is 0 Å². The lowest BCUT2D eigenvalue weighted by molar-refractivity contribution is 0.163. The second kappa shape index (κ2) is 10.1. The van der Waals surface area contributed by atoms with E-state index >= 15 is 0 Å². The van der Waals surface area contributed by atoms with E-state index in [0.717, 1.165) is 66.9 Å². The van der Waals surface area contributed by atoms with Crippen molar-refractivity contribution in [3.63, 3.8) is 0 Å². The minimum Gasteiger partial charge on any atom is -0.496 e. The lowest BCUT2D eigenvalue weighted by atomic mass is 10.0. The number of methoxy groups -OCH3 is 1. The van der Waals surface area contributed by atoms with Crippen LogP contribution in [-0.4, -0.2) is 48.2 Å². The summed E-state index contributed by atoms with van der Waals surface area (Å²) in [6, 6.07) is 17.0. The van der Waals surface area contributed by atoms with Crippen LogP contribution in [0.1, 0.15) is 50.3 Å². The maximum absolute atomic E-state index is 12.6. The predicted octanol–water partition coefficient (Wildman–Crippen LogP) is 5.34. The second-order valence-corrected chi connectivity index (χ2v) is 9.88. The highest BCUT2D eigenvalue weighted by molar-refractivity contribution is 5.93. The lowest BCUT2D eigenvalue weighted by Crippen LogP contribution is -2.47. The number of ether oxygens (including phenoxy) is 1. The standard InChI is InChI=1S/C28H35N5O2/c1-18(2)33-15-13-21(14-16-33)29-28(34)30-22-9-11-23-20(17-22)8-12-26(31-23)32-24-10-7-19-5-4-6-25(35-3)27(19)24/h4-6,8-9,11-12,17-18,21,24H,7,10,13-16H2,1-3H3,(H,31,32)(H2,29,30,34). The van der Waals surface area contributed by atoms with Gasteiger partial charge in [-0.1, -0.05) is 12.1 Å². The molecule has 1 aromatic heterocycles. The maximum Gasteiger partial charge on any atom is 0.319 e. The molecule has 1 unspecified atom stereocenters. The van der Waals surface area contributed by atoms with E-state index in [1.807, 2.05) is 36.4 Å². The smallest absolute Gasteiger partial charge is 0.319 e. The van der Waals surface area contributed by atoms with E-state index in [0.29, 0.717) is 6.04 Å². The summed E-state index contributed by atoms with van der Waals surface area (Å²) in [6.07, 6.45) is 4.02. The molecule has 3 N–H and O–H groups in total. The number of nitrogens with zero attached hydrogens (tertiary/aromatic N) is 2. The van der Waals surface area contributed by atoms with Crippen molar-refractivity contribution >= 4 is 28.4 Å². The lowest BCUT2D eigenvalue weighted by Gasteiger charge is -2.34. The number of aryl methyl sites for hydroxylation is 1. The quantitative estimate of drug-likeness (QED) is 0.451. The molecule has 3 aromatic rings. The van der Waals surface area contributed by atoms with Crippen molar-refractivity contribution in [2.24, 2.45) is 0 Å². The molecule has 1 saturated heterocycles. The van der Waals surface area contributed by atoms with Crippen molar-refractivity contribution in [2.45, 2.75) is 57.7 Å². The number of urea groups is 1. The topological polar surface area (TPSA) is 78.5 Å². The SMILES string of the molecule is COc1cccc2c1C(Nc1ccc3cc(NC(=O)NC4CCN(C(C)C)CC4)ccc3n1)CC2. The van der Waals surface area contributed by atoms with E-state index in [1.165, 1.54) is 11.1 Å². The molecule has 1 fully saturated rings. The van der Waals surface area contributed by atoms with Crippen LogP contribution in [0.3, 0.4) is 0 Å². The Balaban J connectivity index is 1.21. The Labute approximate surface area is 207 Å². The molecule has 184 valence electrons. The van der Waals surface area contributed by atoms with E-state index in [1.54, 1.807) is 7.11 Å². The number of hydrogen-bond donors (Lipinski definition) is 3. The van der Waals surface area contributed by atoms with Crippen LogP contribution in [0.15, 0.2) is 48.5 Å². The average Bonchev–Trinajstić information content (AvgIpc) is 3.27. The van der Waals surface area contributed by atoms with Crippen molar-refractivity contribution in [2.75, 3.05) is 30.8 Å². The van der Waals surface area contributed by atoms with Gasteiger partial charge in [0.1, 0.15) is 11.6 Å². The Bertz CT molecular complexity index is 1200. The number of pyridine rings is 1. The highest BCUT2D eigenvalue weighted by Crippen LogP contribution is 2.39. The summed E-state index contributed by atoms with van der Waals surface area (Å²) in [6.45, 7) is 6.50. The van der Waals surface area contributed by atoms with Crippen LogP contribution in [0.25, 0.3) is 10.9 Å². The van der Waals surface area contributed by atoms with Gasteiger partial charge in [-0.3, -0.25) is 0 Å². The fourth-order valence-electron chi connectivity index (χ4n) is 5.34. The average molecular weight is 474 g/mol. The van der Waals surface area contributed by atoms with Crippen LogP contribution in [0.5, 0.6) is 5.75 Å². The zero-order valence-electron chi connectivity index (χ0n) is 20.8. The number of fused-ring (bicyclic) bond motifs is 2. The summed E-state index contributed by atoms with van der Waals surface area (Å²) in [5, 5.41) is 10.7. The number of benzene rings is 2. The minimum absolute atomic E-state index is 0.146. The van der Waals surface area contributed by atoms with E-state index in [2.05, 4.69) is 46.8 Å². The summed E-state index contributed by atoms with van der Waals surface area (Å²) in [7, 11) is 1.72. The maximum atomic E-state index is 12.6. The largest absolute Gasteiger partial charge is 0.496 e. The Morgan fingerprint density at radius 2 is 1.91 bits per heavy atom. The molecule has 5 rings (SSSR count). The molecule has 0 bridgehead atoms. The van der Waals surface area contributed by atoms with Gasteiger partial charge in [0.25, 0.3) is 0 Å². The van der Waals surface area contributed by atoms with Crippen molar-refractivity contribution in [1.29, 1.82) is 0 Å². The zero-order chi connectivity index (χ0) is 24.4. The molecule has 0 saturated carbocycles. The summed E-state index contributed by atoms with van der Waals surface area (Å²) in [5.41, 5.74) is 4.23. The molecule has 7 heteroatoms. The second-order valence-electron chi connectivity index (χ2n) is 9.88. The molecular weight excluding hydrogens is 438 g/mol. The molecule has 2 aliphatic rings. The van der Waals surface area contributed by atoms with Gasteiger partial charge in [0.05, 0.1) is 18.7 Å². The summed E-state index contributed by atoms with van der Waals surface area (Å²) < 4.78 is 5.60. The minimum atomic E-state index is -0.146. The number of nitrogens with one attached hydrogen (secondary N) is 3. The monoisotopic (exact) mass is 473 g/mol. The molecule has 7 nitrogen and oxygen atoms in total. The van der Waals surface area contributed by atoms with E-state index in [4.69, 9.17) is 9.72 Å². The number of piperidine rings is 1. The van der Waals surface area contributed by atoms with Crippen LogP contribution in [0, 0.1) is 0 Å². The molecule has 35 heavy (non-hydrogen) atoms. The molecule has 2 aromatic carbocycles. The molecule has 1 aliphatic heterocycles. The number of carbonyl (C=O) groups excluding carboxylic acids is 1. The van der Waals surface area contributed by atoms with Gasteiger partial charge in [-0.15, -0.1) is 0 Å². The van der Waals surface area contributed by atoms with Crippen LogP contribution in [-0.2, 0) is 6.42 Å². The van der Waals surface area contributed by atoms with Gasteiger partial charge in [0.2, 0.25) is 0 Å². The first-order valence-electron chi connectivity index (χ1n) is 12.6. The first kappa shape index (κ1) is 23.4. The Kier molecular flexibility index (Phi) is 6.77. The number of hydrogen-bond acceptors (Lipinski definition) is 5. The van der Waals surface area contributed by atoms with Crippen molar-refractivity contribution < 1.29 is 9.53 Å². The fraction of sp³-hybridized carbons (Fsp3) is 0.429. The van der Waals surface area contributed by atoms with E-state index in [9.17, 15) is 4.79 Å². The molecule has 1 aliphatic carbocycles. The van der Waals surface area contributed by atoms with Crippen LogP contribution >= 0.6 is 0 Å². The molecule has 0 radical (unpaired) electrons. The molecule has 2 heterocycles. The van der Waals surface area contributed by atoms with E-state index < -0.39 is 0 Å². The Hall–Kier alpha value is -3.32. The van der Waals surface area contributed by atoms with Crippen LogP contribution in [0.2, 0.25) is 0 Å². The van der Waals surface area contributed by atoms with Gasteiger partial charge in [-0.05, 0) is 81.5 Å². The summed E-state index contributed by atoms with van der Waals surface area (Å²) >= 11 is 0. The van der Waals surface area contributed by atoms with Crippen molar-refractivity contribution in [3.05, 3.63) is 59.7 Å². The van der Waals surface area contributed by atoms with Crippen LogP contribution < -0.4 is 20.7 Å². The number of aromatic nitrogens is 1. The van der Waals surface area contributed by atoms with Gasteiger partial charge in [0, 0.05) is 41.8 Å². The van der Waals surface area contributed by atoms with Crippen molar-refractivity contribution in [3.8, 4) is 5.75 Å². The molecule has 1 atom stereocenters. The molecule has 0 spiro atoms. The van der Waals surface area contributed by atoms with Gasteiger partial charge >= 0.3 is 6.03 Å². The Morgan fingerprint density at radius 3 is 2.69 bits per heavy atom. The first-order chi connectivity index (χ1) is 17.0. The number of rotatable bonds is 6. The Morgan fingerprint density at radius 1 is 1.09 bits per heavy atom. The van der Waals surface area contributed by atoms with Gasteiger partial charge in [0.15, 0.2) is 0 Å². The third kappa shape index (κ3) is 5.20. The van der Waals surface area contributed by atoms with Crippen LogP contribution in [0.4, 0.5) is 16.3 Å². The number of anilines is 2.